The predicted molar refractivity (Wildman–Crippen MR) is 93.6 cm³/mol. The fourth-order valence-electron chi connectivity index (χ4n) is 2.87. The molecule has 1 nitrogen and oxygen atoms in total. The molecule has 0 unspecified atom stereocenters. The lowest BCUT2D eigenvalue weighted by molar-refractivity contribution is 0.396. The third kappa shape index (κ3) is 4.21. The summed E-state index contributed by atoms with van der Waals surface area (Å²) in [5.41, 5.74) is 5.32. The molecule has 0 aliphatic carbocycles. The van der Waals surface area contributed by atoms with E-state index in [0.717, 1.165) is 19.3 Å². The van der Waals surface area contributed by atoms with Crippen LogP contribution < -0.4 is 5.32 Å². The van der Waals surface area contributed by atoms with Gasteiger partial charge >= 0.3 is 0 Å². The van der Waals surface area contributed by atoms with E-state index in [-0.39, 0.29) is 12.4 Å². The van der Waals surface area contributed by atoms with Crippen molar-refractivity contribution in [1.82, 2.24) is 5.32 Å². The summed E-state index contributed by atoms with van der Waals surface area (Å²) in [6.07, 6.45) is 3.10. The Morgan fingerprint density at radius 2 is 1.90 bits per heavy atom. The van der Waals surface area contributed by atoms with Gasteiger partial charge in [-0.2, -0.15) is 0 Å². The van der Waals surface area contributed by atoms with E-state index in [1.807, 2.05) is 0 Å². The molecule has 0 amide bonds. The molecule has 110 valence electrons. The minimum atomic E-state index is 0. The van der Waals surface area contributed by atoms with E-state index in [0.29, 0.717) is 12.1 Å². The van der Waals surface area contributed by atoms with Gasteiger partial charge in [0.1, 0.15) is 0 Å². The highest BCUT2D eigenvalue weighted by molar-refractivity contribution is 9.10. The number of rotatable bonds is 4. The second kappa shape index (κ2) is 7.44. The van der Waals surface area contributed by atoms with Crippen LogP contribution in [0.3, 0.4) is 0 Å². The van der Waals surface area contributed by atoms with Crippen molar-refractivity contribution in [3.8, 4) is 0 Å². The van der Waals surface area contributed by atoms with Crippen molar-refractivity contribution in [3.05, 3.63) is 58.1 Å². The van der Waals surface area contributed by atoms with Crippen LogP contribution >= 0.6 is 28.3 Å². The summed E-state index contributed by atoms with van der Waals surface area (Å²) < 4.78 is 1.23. The summed E-state index contributed by atoms with van der Waals surface area (Å²) in [6, 6.07) is 7.35. The predicted octanol–water partition coefficient (Wildman–Crippen LogP) is 5.36. The summed E-state index contributed by atoms with van der Waals surface area (Å²) in [4.78, 5) is 0. The zero-order valence-corrected chi connectivity index (χ0v) is 14.6. The molecule has 0 spiro atoms. The van der Waals surface area contributed by atoms with Crippen LogP contribution in [0.15, 0.2) is 47.0 Å². The number of hydrogen-bond acceptors (Lipinski definition) is 1. The Morgan fingerprint density at radius 1 is 1.25 bits per heavy atom. The van der Waals surface area contributed by atoms with Gasteiger partial charge in [-0.25, -0.2) is 0 Å². The quantitative estimate of drug-likeness (QED) is 0.716. The number of benzene rings is 1. The van der Waals surface area contributed by atoms with Gasteiger partial charge < -0.3 is 5.32 Å². The lowest BCUT2D eigenvalue weighted by atomic mass is 9.86. The van der Waals surface area contributed by atoms with Crippen molar-refractivity contribution in [2.45, 2.75) is 45.2 Å². The van der Waals surface area contributed by atoms with E-state index >= 15 is 0 Å². The van der Waals surface area contributed by atoms with Gasteiger partial charge in [-0.1, -0.05) is 39.2 Å². The Labute approximate surface area is 137 Å². The summed E-state index contributed by atoms with van der Waals surface area (Å²) >= 11 is 3.70. The van der Waals surface area contributed by atoms with E-state index in [2.05, 4.69) is 66.5 Å². The van der Waals surface area contributed by atoms with E-state index in [4.69, 9.17) is 0 Å². The molecule has 1 aliphatic rings. The van der Waals surface area contributed by atoms with Crippen LogP contribution in [-0.4, -0.2) is 6.04 Å². The van der Waals surface area contributed by atoms with Crippen LogP contribution in [0, 0.1) is 0 Å². The van der Waals surface area contributed by atoms with Gasteiger partial charge in [-0.15, -0.1) is 25.6 Å². The summed E-state index contributed by atoms with van der Waals surface area (Å²) in [6.45, 7) is 12.3. The highest BCUT2D eigenvalue weighted by atomic mass is 79.9. The number of halogens is 2. The lowest BCUT2D eigenvalue weighted by Crippen LogP contribution is -2.39. The molecular weight excluding hydrogens is 334 g/mol. The van der Waals surface area contributed by atoms with Crippen LogP contribution in [0.2, 0.25) is 0 Å². The van der Waals surface area contributed by atoms with Gasteiger partial charge in [0.2, 0.25) is 0 Å². The van der Waals surface area contributed by atoms with E-state index in [1.165, 1.54) is 26.7 Å². The van der Waals surface area contributed by atoms with Crippen LogP contribution in [-0.2, 0) is 6.42 Å². The number of hydrogen-bond donors (Lipinski definition) is 1. The maximum Gasteiger partial charge on any atom is 0.0363 e. The van der Waals surface area contributed by atoms with Crippen LogP contribution in [0.1, 0.15) is 43.9 Å². The summed E-state index contributed by atoms with van der Waals surface area (Å²) in [5, 5.41) is 3.76. The van der Waals surface area contributed by atoms with Crippen LogP contribution in [0.5, 0.6) is 0 Å². The first-order valence-corrected chi connectivity index (χ1v) is 7.58. The number of nitrogens with one attached hydrogen (secondary N) is 1. The largest absolute Gasteiger partial charge is 0.306 e. The van der Waals surface area contributed by atoms with Crippen molar-refractivity contribution in [2.24, 2.45) is 0 Å². The van der Waals surface area contributed by atoms with Gasteiger partial charge in [0.25, 0.3) is 0 Å². The molecule has 2 rings (SSSR count). The minimum absolute atomic E-state index is 0. The van der Waals surface area contributed by atoms with Crippen molar-refractivity contribution in [2.75, 3.05) is 0 Å². The fraction of sp³-hybridized carbons (Fsp3) is 0.412. The molecule has 1 heterocycles. The molecular formula is C17H23BrClN. The maximum absolute atomic E-state index is 4.06. The third-order valence-electron chi connectivity index (χ3n) is 3.57. The molecule has 3 heteroatoms. The second-order valence-corrected chi connectivity index (χ2v) is 6.60. The summed E-state index contributed by atoms with van der Waals surface area (Å²) in [7, 11) is 0. The van der Waals surface area contributed by atoms with Gasteiger partial charge in [0.15, 0.2) is 0 Å². The smallest absolute Gasteiger partial charge is 0.0363 e. The average molecular weight is 357 g/mol. The zero-order chi connectivity index (χ0) is 14.0. The Bertz CT molecular complexity index is 510. The molecule has 1 aromatic carbocycles. The molecule has 1 N–H and O–H groups in total. The van der Waals surface area contributed by atoms with E-state index < -0.39 is 0 Å². The molecule has 0 radical (unpaired) electrons. The maximum atomic E-state index is 4.06. The Kier molecular flexibility index (Phi) is 6.50. The topological polar surface area (TPSA) is 12.0 Å². The number of fused-ring (bicyclic) bond motifs is 1. The first-order valence-electron chi connectivity index (χ1n) is 6.79. The van der Waals surface area contributed by atoms with Crippen molar-refractivity contribution >= 4 is 28.3 Å². The standard InChI is InChI=1S/C17H22BrN.ClH/c1-11(2)8-13-10-15-14(6-5-7-16(15)18)17(19-13)9-12(3)4;/h5-7,13,17,19H,1,3,8-10H2,2,4H3;1H/t13-,17-;/m0./s1. The fourth-order valence-corrected chi connectivity index (χ4v) is 3.41. The van der Waals surface area contributed by atoms with Crippen LogP contribution in [0.25, 0.3) is 0 Å². The van der Waals surface area contributed by atoms with Gasteiger partial charge in [-0.3, -0.25) is 0 Å². The minimum Gasteiger partial charge on any atom is -0.306 e. The highest BCUT2D eigenvalue weighted by Gasteiger charge is 2.27. The van der Waals surface area contributed by atoms with Gasteiger partial charge in [0, 0.05) is 16.6 Å². The molecule has 1 aromatic rings. The van der Waals surface area contributed by atoms with Crippen molar-refractivity contribution in [1.29, 1.82) is 0 Å². The molecule has 2 atom stereocenters. The Morgan fingerprint density at radius 3 is 2.50 bits per heavy atom. The van der Waals surface area contributed by atoms with E-state index in [9.17, 15) is 0 Å². The SMILES string of the molecule is C=C(C)C[C@H]1Cc2c(Br)cccc2[C@H](CC(=C)C)N1.Cl. The zero-order valence-electron chi connectivity index (χ0n) is 12.2. The van der Waals surface area contributed by atoms with E-state index in [1.54, 1.807) is 0 Å². The average Bonchev–Trinajstić information content (AvgIpc) is 2.29. The molecule has 0 fully saturated rings. The first-order chi connectivity index (χ1) is 8.97. The highest BCUT2D eigenvalue weighted by Crippen LogP contribution is 2.34. The molecule has 0 bridgehead atoms. The molecule has 1 aliphatic heterocycles. The Balaban J connectivity index is 0.00000200. The first kappa shape index (κ1) is 17.5. The molecule has 0 saturated carbocycles. The van der Waals surface area contributed by atoms with Gasteiger partial charge in [-0.05, 0) is 50.3 Å². The van der Waals surface area contributed by atoms with Crippen molar-refractivity contribution in [3.63, 3.8) is 0 Å². The summed E-state index contributed by atoms with van der Waals surface area (Å²) in [5.74, 6) is 0. The molecule has 0 aromatic heterocycles. The normalized spacial score (nSPS) is 20.8. The van der Waals surface area contributed by atoms with Gasteiger partial charge in [0.05, 0.1) is 0 Å². The lowest BCUT2D eigenvalue weighted by Gasteiger charge is -2.34. The molecule has 20 heavy (non-hydrogen) atoms. The molecule has 0 saturated heterocycles. The van der Waals surface area contributed by atoms with Crippen molar-refractivity contribution < 1.29 is 0 Å². The second-order valence-electron chi connectivity index (χ2n) is 5.75. The third-order valence-corrected chi connectivity index (χ3v) is 4.31. The Hall–Kier alpha value is -0.570. The van der Waals surface area contributed by atoms with Crippen LogP contribution in [0.4, 0.5) is 0 Å². The monoisotopic (exact) mass is 355 g/mol.